The zero-order valence-corrected chi connectivity index (χ0v) is 18.3. The van der Waals surface area contributed by atoms with Crippen LogP contribution in [0.1, 0.15) is 0 Å². The van der Waals surface area contributed by atoms with E-state index in [1.54, 1.807) is 0 Å². The van der Waals surface area contributed by atoms with Crippen LogP contribution in [0.3, 0.4) is 0 Å². The lowest BCUT2D eigenvalue weighted by Crippen LogP contribution is -2.34. The van der Waals surface area contributed by atoms with E-state index in [9.17, 15) is 0 Å². The molecule has 0 radical (unpaired) electrons. The van der Waals surface area contributed by atoms with Gasteiger partial charge in [0, 0.05) is 10.8 Å². The van der Waals surface area contributed by atoms with Crippen LogP contribution in [0.4, 0.5) is 0 Å². The zero-order chi connectivity index (χ0) is 22.7. The standard InChI is InChI=1S/C30H21NO3/c1-2-15-26(16-3-1)32-31(33-29-18-8-13-22-10-6-7-17-27(22)29)34-30-19-9-14-25-20-23-11-4-5-12-24(23)21-28(25)30/h1-21H. The average molecular weight is 444 g/mol. The van der Waals surface area contributed by atoms with Crippen molar-refractivity contribution in [2.45, 2.75) is 0 Å². The van der Waals surface area contributed by atoms with Crippen LogP contribution in [-0.4, -0.2) is 5.39 Å². The molecule has 0 aromatic heterocycles. The fraction of sp³-hybridized carbons (Fsp3) is 0. The molecule has 0 aliphatic rings. The van der Waals surface area contributed by atoms with E-state index in [0.29, 0.717) is 17.2 Å². The molecule has 6 aromatic carbocycles. The minimum Gasteiger partial charge on any atom is -0.339 e. The van der Waals surface area contributed by atoms with Crippen LogP contribution in [0.15, 0.2) is 127 Å². The summed E-state index contributed by atoms with van der Waals surface area (Å²) in [6.45, 7) is 0. The van der Waals surface area contributed by atoms with Gasteiger partial charge in [0.2, 0.25) is 5.39 Å². The van der Waals surface area contributed by atoms with Crippen LogP contribution in [0, 0.1) is 0 Å². The second kappa shape index (κ2) is 8.77. The van der Waals surface area contributed by atoms with Gasteiger partial charge in [-0.1, -0.05) is 91.0 Å². The third-order valence-electron chi connectivity index (χ3n) is 5.73. The number of benzene rings is 6. The van der Waals surface area contributed by atoms with Crippen molar-refractivity contribution < 1.29 is 14.5 Å². The van der Waals surface area contributed by atoms with Crippen molar-refractivity contribution >= 4 is 32.3 Å². The fourth-order valence-corrected chi connectivity index (χ4v) is 4.08. The monoisotopic (exact) mass is 443 g/mol. The lowest BCUT2D eigenvalue weighted by molar-refractivity contribution is -0.407. The topological polar surface area (TPSA) is 30.9 Å². The third kappa shape index (κ3) is 3.98. The summed E-state index contributed by atoms with van der Waals surface area (Å²) in [6.07, 6.45) is 0. The predicted molar refractivity (Wildman–Crippen MR) is 136 cm³/mol. The summed E-state index contributed by atoms with van der Waals surface area (Å²) in [6, 6.07) is 41.8. The Hall–Kier alpha value is -4.54. The molecular formula is C30H21NO3. The van der Waals surface area contributed by atoms with Crippen molar-refractivity contribution in [2.24, 2.45) is 0 Å². The van der Waals surface area contributed by atoms with Gasteiger partial charge in [0.1, 0.15) is 0 Å². The predicted octanol–water partition coefficient (Wildman–Crippen LogP) is 7.73. The van der Waals surface area contributed by atoms with Gasteiger partial charge in [-0.3, -0.25) is 0 Å². The molecule has 0 heterocycles. The smallest absolute Gasteiger partial charge is 0.234 e. The van der Waals surface area contributed by atoms with Crippen molar-refractivity contribution in [1.82, 2.24) is 5.39 Å². The van der Waals surface area contributed by atoms with Crippen LogP contribution in [0.25, 0.3) is 32.3 Å². The Morgan fingerprint density at radius 1 is 0.382 bits per heavy atom. The van der Waals surface area contributed by atoms with Crippen molar-refractivity contribution in [2.75, 3.05) is 0 Å². The Kier molecular flexibility index (Phi) is 5.18. The quantitative estimate of drug-likeness (QED) is 0.195. The van der Waals surface area contributed by atoms with E-state index in [4.69, 9.17) is 14.5 Å². The van der Waals surface area contributed by atoms with Gasteiger partial charge < -0.3 is 14.5 Å². The summed E-state index contributed by atoms with van der Waals surface area (Å²) in [5.41, 5.74) is 0. The largest absolute Gasteiger partial charge is 0.339 e. The van der Waals surface area contributed by atoms with E-state index >= 15 is 0 Å². The molecule has 0 atom stereocenters. The summed E-state index contributed by atoms with van der Waals surface area (Å²) in [4.78, 5) is 18.4. The van der Waals surface area contributed by atoms with E-state index in [2.05, 4.69) is 30.3 Å². The molecule has 6 aromatic rings. The van der Waals surface area contributed by atoms with Crippen LogP contribution in [0.2, 0.25) is 0 Å². The molecule has 0 N–H and O–H groups in total. The number of rotatable bonds is 6. The van der Waals surface area contributed by atoms with E-state index < -0.39 is 0 Å². The first-order valence-corrected chi connectivity index (χ1v) is 11.1. The van der Waals surface area contributed by atoms with Crippen LogP contribution in [-0.2, 0) is 0 Å². The van der Waals surface area contributed by atoms with Crippen LogP contribution < -0.4 is 14.5 Å². The maximum atomic E-state index is 6.22. The Labute approximate surface area is 197 Å². The zero-order valence-electron chi connectivity index (χ0n) is 18.3. The minimum absolute atomic E-state index is 0.591. The second-order valence-corrected chi connectivity index (χ2v) is 7.96. The minimum atomic E-state index is 0.591. The molecule has 6 rings (SSSR count). The molecule has 164 valence electrons. The van der Waals surface area contributed by atoms with Crippen LogP contribution >= 0.6 is 0 Å². The first-order chi connectivity index (χ1) is 16.8. The summed E-state index contributed by atoms with van der Waals surface area (Å²) < 4.78 is 0. The van der Waals surface area contributed by atoms with E-state index in [1.807, 2.05) is 97.1 Å². The Bertz CT molecular complexity index is 1590. The molecule has 0 spiro atoms. The van der Waals surface area contributed by atoms with Gasteiger partial charge in [-0.25, -0.2) is 0 Å². The Morgan fingerprint density at radius 3 is 1.71 bits per heavy atom. The summed E-state index contributed by atoms with van der Waals surface area (Å²) in [7, 11) is 0. The summed E-state index contributed by atoms with van der Waals surface area (Å²) in [5.74, 6) is 1.84. The molecule has 34 heavy (non-hydrogen) atoms. The highest BCUT2D eigenvalue weighted by Crippen LogP contribution is 2.32. The third-order valence-corrected chi connectivity index (χ3v) is 5.73. The number of hydrogen-bond donors (Lipinski definition) is 0. The molecule has 0 amide bonds. The van der Waals surface area contributed by atoms with E-state index in [1.165, 1.54) is 5.39 Å². The van der Waals surface area contributed by atoms with Gasteiger partial charge in [-0.15, -0.1) is 0 Å². The van der Waals surface area contributed by atoms with Gasteiger partial charge in [0.25, 0.3) is 0 Å². The molecule has 4 heteroatoms. The Balaban J connectivity index is 1.41. The van der Waals surface area contributed by atoms with E-state index in [0.717, 1.165) is 32.3 Å². The Morgan fingerprint density at radius 2 is 0.941 bits per heavy atom. The van der Waals surface area contributed by atoms with Gasteiger partial charge in [0.05, 0.1) is 0 Å². The molecule has 0 bridgehead atoms. The fourth-order valence-electron chi connectivity index (χ4n) is 4.08. The van der Waals surface area contributed by atoms with Gasteiger partial charge in [-0.05, 0) is 57.9 Å². The molecule has 0 aliphatic heterocycles. The van der Waals surface area contributed by atoms with Gasteiger partial charge in [-0.2, -0.15) is 0 Å². The number of hydrogen-bond acceptors (Lipinski definition) is 4. The number of para-hydroxylation sites is 1. The van der Waals surface area contributed by atoms with Gasteiger partial charge >= 0.3 is 0 Å². The van der Waals surface area contributed by atoms with E-state index in [-0.39, 0.29) is 0 Å². The maximum absolute atomic E-state index is 6.22. The average Bonchev–Trinajstić information content (AvgIpc) is 2.88. The summed E-state index contributed by atoms with van der Waals surface area (Å²) in [5, 5.41) is 7.44. The van der Waals surface area contributed by atoms with Crippen LogP contribution in [0.5, 0.6) is 17.2 Å². The lowest BCUT2D eigenvalue weighted by atomic mass is 10.0. The highest BCUT2D eigenvalue weighted by molar-refractivity contribution is 6.00. The molecule has 0 saturated carbocycles. The van der Waals surface area contributed by atoms with Crippen molar-refractivity contribution in [3.8, 4) is 17.2 Å². The normalized spacial score (nSPS) is 11.2. The molecule has 4 nitrogen and oxygen atoms in total. The lowest BCUT2D eigenvalue weighted by Gasteiger charge is -2.22. The first kappa shape index (κ1) is 20.1. The van der Waals surface area contributed by atoms with Crippen molar-refractivity contribution in [1.29, 1.82) is 0 Å². The molecule has 0 fully saturated rings. The molecule has 0 unspecified atom stereocenters. The molecular weight excluding hydrogens is 422 g/mol. The SMILES string of the molecule is c1ccc(ON(Oc2cccc3ccccc23)Oc2cccc3cc4ccccc4cc23)cc1. The second-order valence-electron chi connectivity index (χ2n) is 7.96. The number of nitrogens with zero attached hydrogens (tertiary/aromatic N) is 1. The van der Waals surface area contributed by atoms with Crippen molar-refractivity contribution in [3.05, 3.63) is 127 Å². The highest BCUT2D eigenvalue weighted by Gasteiger charge is 2.17. The molecule has 0 saturated heterocycles. The van der Waals surface area contributed by atoms with Gasteiger partial charge in [0.15, 0.2) is 17.2 Å². The highest BCUT2D eigenvalue weighted by atomic mass is 17.2. The first-order valence-electron chi connectivity index (χ1n) is 11.1. The molecule has 0 aliphatic carbocycles. The summed E-state index contributed by atoms with van der Waals surface area (Å²) >= 11 is 0. The van der Waals surface area contributed by atoms with Crippen molar-refractivity contribution in [3.63, 3.8) is 0 Å². The number of fused-ring (bicyclic) bond motifs is 3. The maximum Gasteiger partial charge on any atom is 0.234 e.